The first-order chi connectivity index (χ1) is 13.8. The van der Waals surface area contributed by atoms with Crippen LogP contribution in [0.5, 0.6) is 0 Å². The van der Waals surface area contributed by atoms with Gasteiger partial charge in [0.1, 0.15) is 11.9 Å². The number of H-pyrrole nitrogens is 2. The molecule has 2 aromatic heterocycles. The van der Waals surface area contributed by atoms with Crippen LogP contribution in [0, 0.1) is 5.41 Å². The minimum absolute atomic E-state index is 0.313. The van der Waals surface area contributed by atoms with E-state index < -0.39 is 12.3 Å². The summed E-state index contributed by atoms with van der Waals surface area (Å²) in [6, 6.07) is 7.70. The van der Waals surface area contributed by atoms with E-state index in [1.165, 1.54) is 11.3 Å². The van der Waals surface area contributed by atoms with Crippen LogP contribution in [0.3, 0.4) is 0 Å². The molecule has 29 heavy (non-hydrogen) atoms. The quantitative estimate of drug-likeness (QED) is 0.466. The molecule has 1 aliphatic heterocycles. The van der Waals surface area contributed by atoms with Crippen molar-refractivity contribution in [2.75, 3.05) is 13.1 Å². The Kier molecular flexibility index (Phi) is 4.33. The lowest BCUT2D eigenvalue weighted by Crippen LogP contribution is -2.33. The van der Waals surface area contributed by atoms with Crippen LogP contribution < -0.4 is 5.73 Å². The van der Waals surface area contributed by atoms with Gasteiger partial charge >= 0.3 is 0 Å². The van der Waals surface area contributed by atoms with Crippen molar-refractivity contribution in [3.8, 4) is 11.4 Å². The molecule has 7 nitrogen and oxygen atoms in total. The predicted molar refractivity (Wildman–Crippen MR) is 112 cm³/mol. The first-order valence-electron chi connectivity index (χ1n) is 10.4. The number of β-amino-alcohol motifs (C(OH)–C–C–N with tert-alkyl or cyclic N) is 1. The van der Waals surface area contributed by atoms with Crippen molar-refractivity contribution < 1.29 is 10.2 Å². The van der Waals surface area contributed by atoms with Crippen LogP contribution in [0.25, 0.3) is 22.3 Å². The number of nitrogens with one attached hydrogen (secondary N) is 2. The van der Waals surface area contributed by atoms with Gasteiger partial charge in [-0.25, -0.2) is 0 Å². The molecule has 7 heteroatoms. The molecule has 0 saturated carbocycles. The van der Waals surface area contributed by atoms with Gasteiger partial charge in [0, 0.05) is 41.3 Å². The number of aromatic amines is 2. The zero-order chi connectivity index (χ0) is 20.3. The summed E-state index contributed by atoms with van der Waals surface area (Å²) in [4.78, 5) is 5.30. The van der Waals surface area contributed by atoms with Crippen molar-refractivity contribution >= 4 is 10.9 Å². The van der Waals surface area contributed by atoms with Crippen molar-refractivity contribution in [3.05, 3.63) is 41.1 Å². The fourth-order valence-corrected chi connectivity index (χ4v) is 4.76. The summed E-state index contributed by atoms with van der Waals surface area (Å²) in [7, 11) is 0. The maximum absolute atomic E-state index is 10.7. The lowest BCUT2D eigenvalue weighted by molar-refractivity contribution is 0.0103. The van der Waals surface area contributed by atoms with E-state index in [4.69, 9.17) is 5.73 Å². The maximum atomic E-state index is 10.7. The van der Waals surface area contributed by atoms with E-state index in [1.807, 2.05) is 23.1 Å². The number of aromatic nitrogens is 3. The van der Waals surface area contributed by atoms with Crippen molar-refractivity contribution in [1.29, 1.82) is 0 Å². The summed E-state index contributed by atoms with van der Waals surface area (Å²) < 4.78 is 0. The van der Waals surface area contributed by atoms with E-state index in [-0.39, 0.29) is 6.04 Å². The van der Waals surface area contributed by atoms with Gasteiger partial charge in [-0.2, -0.15) is 5.10 Å². The van der Waals surface area contributed by atoms with E-state index in [2.05, 4.69) is 35.1 Å². The molecule has 3 atom stereocenters. The molecule has 1 aromatic carbocycles. The van der Waals surface area contributed by atoms with Gasteiger partial charge in [-0.05, 0) is 48.4 Å². The Labute approximate surface area is 169 Å². The zero-order valence-corrected chi connectivity index (χ0v) is 16.9. The normalized spacial score (nSPS) is 25.4. The summed E-state index contributed by atoms with van der Waals surface area (Å²) in [5.74, 6) is 0. The molecule has 0 spiro atoms. The zero-order valence-electron chi connectivity index (χ0n) is 16.9. The predicted octanol–water partition coefficient (Wildman–Crippen LogP) is 2.07. The topological polar surface area (TPSA) is 114 Å². The second-order valence-corrected chi connectivity index (χ2v) is 9.46. The van der Waals surface area contributed by atoms with E-state index in [9.17, 15) is 10.2 Å². The molecule has 3 aromatic rings. The molecule has 5 rings (SSSR count). The number of fused-ring (bicyclic) bond motifs is 2. The van der Waals surface area contributed by atoms with Gasteiger partial charge in [-0.3, -0.25) is 10.00 Å². The molecule has 0 radical (unpaired) electrons. The molecule has 1 saturated heterocycles. The van der Waals surface area contributed by atoms with E-state index >= 15 is 0 Å². The summed E-state index contributed by atoms with van der Waals surface area (Å²) in [6.45, 7) is 5.47. The van der Waals surface area contributed by atoms with Crippen LogP contribution >= 0.6 is 0 Å². The Morgan fingerprint density at radius 1 is 1.28 bits per heavy atom. The lowest BCUT2D eigenvalue weighted by Gasteiger charge is -2.28. The number of nitrogens with zero attached hydrogens (tertiary/aromatic N) is 2. The fraction of sp³-hybridized carbons (Fsp3) is 0.500. The highest BCUT2D eigenvalue weighted by molar-refractivity contribution is 5.86. The molecule has 6 N–H and O–H groups in total. The molecule has 3 heterocycles. The number of rotatable bonds is 3. The highest BCUT2D eigenvalue weighted by atomic mass is 16.3. The highest BCUT2D eigenvalue weighted by Crippen LogP contribution is 2.38. The second kappa shape index (κ2) is 6.67. The molecule has 1 unspecified atom stereocenters. The highest BCUT2D eigenvalue weighted by Gasteiger charge is 2.33. The van der Waals surface area contributed by atoms with Gasteiger partial charge < -0.3 is 20.9 Å². The summed E-state index contributed by atoms with van der Waals surface area (Å²) in [5, 5.41) is 29.5. The van der Waals surface area contributed by atoms with Gasteiger partial charge in [0.25, 0.3) is 0 Å². The molecular weight excluding hydrogens is 366 g/mol. The van der Waals surface area contributed by atoms with Crippen LogP contribution in [0.1, 0.15) is 43.3 Å². The van der Waals surface area contributed by atoms with Gasteiger partial charge in [-0.1, -0.05) is 19.9 Å². The van der Waals surface area contributed by atoms with E-state index in [0.29, 0.717) is 18.5 Å². The average molecular weight is 396 g/mol. The molecule has 1 fully saturated rings. The van der Waals surface area contributed by atoms with Crippen molar-refractivity contribution in [3.63, 3.8) is 0 Å². The lowest BCUT2D eigenvalue weighted by atomic mass is 9.76. The van der Waals surface area contributed by atoms with Gasteiger partial charge in [-0.15, -0.1) is 0 Å². The number of nitrogens with two attached hydrogens (primary N) is 1. The third-order valence-electron chi connectivity index (χ3n) is 6.56. The van der Waals surface area contributed by atoms with Crippen molar-refractivity contribution in [2.24, 2.45) is 11.1 Å². The average Bonchev–Trinajstić information content (AvgIpc) is 3.36. The smallest absolute Gasteiger partial charge is 0.133 e. The second-order valence-electron chi connectivity index (χ2n) is 9.46. The van der Waals surface area contributed by atoms with Crippen LogP contribution in [0.15, 0.2) is 24.3 Å². The van der Waals surface area contributed by atoms with E-state index in [1.54, 1.807) is 0 Å². The first kappa shape index (κ1) is 18.8. The van der Waals surface area contributed by atoms with Crippen LogP contribution in [-0.4, -0.2) is 55.5 Å². The van der Waals surface area contributed by atoms with Crippen LogP contribution in [-0.2, 0) is 12.8 Å². The summed E-state index contributed by atoms with van der Waals surface area (Å²) in [6.07, 6.45) is 1.85. The van der Waals surface area contributed by atoms with Crippen molar-refractivity contribution in [1.82, 2.24) is 20.1 Å². The SMILES string of the molecule is CC1(C)CCc2c(-c3cc4cc(C(O)N5C[C@@H](O)[C@@H](N)C5)ccc4[nH]3)n[nH]c2C1. The number of likely N-dealkylation sites (tertiary alicyclic amines) is 1. The fourth-order valence-electron chi connectivity index (χ4n) is 4.76. The Morgan fingerprint density at radius 3 is 2.86 bits per heavy atom. The number of hydrogen-bond donors (Lipinski definition) is 5. The first-order valence-corrected chi connectivity index (χ1v) is 10.4. The standard InChI is InChI=1S/C22H29N5O2/c1-22(2)6-5-14-18(9-22)25-26-20(14)17-8-13-7-12(3-4-16(13)24-17)21(29)27-10-15(23)19(28)11-27/h3-4,7-8,15,19,21,24,28-29H,5-6,9-11,23H2,1-2H3,(H,25,26)/t15-,19+,21?/m0/s1. The molecule has 1 aliphatic carbocycles. The number of hydrogen-bond acceptors (Lipinski definition) is 5. The monoisotopic (exact) mass is 395 g/mol. The maximum Gasteiger partial charge on any atom is 0.133 e. The van der Waals surface area contributed by atoms with Gasteiger partial charge in [0.05, 0.1) is 11.8 Å². The Morgan fingerprint density at radius 2 is 2.10 bits per heavy atom. The molecule has 2 aliphatic rings. The van der Waals surface area contributed by atoms with Crippen LogP contribution in [0.2, 0.25) is 0 Å². The minimum atomic E-state index is -0.777. The Balaban J connectivity index is 1.44. The minimum Gasteiger partial charge on any atom is -0.390 e. The largest absolute Gasteiger partial charge is 0.390 e. The third kappa shape index (κ3) is 3.28. The molecule has 0 bridgehead atoms. The van der Waals surface area contributed by atoms with Gasteiger partial charge in [0.15, 0.2) is 0 Å². The molecule has 154 valence electrons. The number of benzene rings is 1. The van der Waals surface area contributed by atoms with Crippen molar-refractivity contribution in [2.45, 2.75) is 51.5 Å². The Hall–Kier alpha value is -2.19. The Bertz CT molecular complexity index is 1040. The summed E-state index contributed by atoms with van der Waals surface area (Å²) in [5.41, 5.74) is 12.6. The third-order valence-corrected chi connectivity index (χ3v) is 6.56. The number of aliphatic hydroxyl groups is 2. The van der Waals surface area contributed by atoms with Crippen LogP contribution in [0.4, 0.5) is 0 Å². The molecular formula is C22H29N5O2. The molecule has 0 amide bonds. The summed E-state index contributed by atoms with van der Waals surface area (Å²) >= 11 is 0. The van der Waals surface area contributed by atoms with E-state index in [0.717, 1.165) is 47.1 Å². The van der Waals surface area contributed by atoms with Gasteiger partial charge in [0.2, 0.25) is 0 Å². The number of aliphatic hydroxyl groups excluding tert-OH is 2.